The van der Waals surface area contributed by atoms with Crippen molar-refractivity contribution in [2.24, 2.45) is 7.05 Å². The molecule has 0 atom stereocenters. The van der Waals surface area contributed by atoms with Crippen LogP contribution in [0.15, 0.2) is 23.8 Å². The van der Waals surface area contributed by atoms with E-state index in [-0.39, 0.29) is 0 Å². The molecular formula is C11H10N4S. The minimum atomic E-state index is 0.796. The summed E-state index contributed by atoms with van der Waals surface area (Å²) >= 11 is 1.66. The van der Waals surface area contributed by atoms with Gasteiger partial charge in [-0.15, -0.1) is 11.3 Å². The Morgan fingerprint density at radius 3 is 2.94 bits per heavy atom. The first kappa shape index (κ1) is 9.47. The summed E-state index contributed by atoms with van der Waals surface area (Å²) in [7, 11) is 1.91. The molecule has 0 radical (unpaired) electrons. The number of aromatic nitrogens is 4. The quantitative estimate of drug-likeness (QED) is 0.644. The van der Waals surface area contributed by atoms with Gasteiger partial charge in [0.15, 0.2) is 0 Å². The van der Waals surface area contributed by atoms with E-state index in [0.717, 1.165) is 27.3 Å². The summed E-state index contributed by atoms with van der Waals surface area (Å²) in [5.41, 5.74) is 3.03. The van der Waals surface area contributed by atoms with Crippen LogP contribution in [0.5, 0.6) is 0 Å². The van der Waals surface area contributed by atoms with Gasteiger partial charge in [0.25, 0.3) is 0 Å². The Hall–Kier alpha value is -1.75. The van der Waals surface area contributed by atoms with Gasteiger partial charge < -0.3 is 0 Å². The second-order valence-corrected chi connectivity index (χ2v) is 4.57. The van der Waals surface area contributed by atoms with Crippen LogP contribution < -0.4 is 0 Å². The van der Waals surface area contributed by atoms with E-state index >= 15 is 0 Å². The van der Waals surface area contributed by atoms with Crippen LogP contribution in [-0.4, -0.2) is 19.7 Å². The Labute approximate surface area is 96.6 Å². The van der Waals surface area contributed by atoms with Crippen molar-refractivity contribution in [3.8, 4) is 11.3 Å². The summed E-state index contributed by atoms with van der Waals surface area (Å²) in [5, 5.41) is 6.22. The second kappa shape index (κ2) is 3.38. The SMILES string of the molecule is Cc1nc(-c2cnn(C)c2)c2sccc2n1. The predicted octanol–water partition coefficient (Wildman–Crippen LogP) is 2.40. The third-order valence-corrected chi connectivity index (χ3v) is 3.30. The molecule has 3 aromatic rings. The lowest BCUT2D eigenvalue weighted by molar-refractivity contribution is 0.768. The first-order valence-corrected chi connectivity index (χ1v) is 5.83. The molecule has 0 N–H and O–H groups in total. The molecule has 16 heavy (non-hydrogen) atoms. The van der Waals surface area contributed by atoms with Crippen molar-refractivity contribution < 1.29 is 0 Å². The zero-order chi connectivity index (χ0) is 11.1. The standard InChI is InChI=1S/C11H10N4S/c1-7-13-9-3-4-16-11(9)10(14-7)8-5-12-15(2)6-8/h3-6H,1-2H3. The van der Waals surface area contributed by atoms with E-state index in [4.69, 9.17) is 0 Å². The smallest absolute Gasteiger partial charge is 0.126 e. The fraction of sp³-hybridized carbons (Fsp3) is 0.182. The van der Waals surface area contributed by atoms with Gasteiger partial charge in [-0.05, 0) is 18.4 Å². The van der Waals surface area contributed by atoms with Gasteiger partial charge >= 0.3 is 0 Å². The summed E-state index contributed by atoms with van der Waals surface area (Å²) < 4.78 is 2.91. The molecule has 0 unspecified atom stereocenters. The van der Waals surface area contributed by atoms with Crippen LogP contribution in [0.4, 0.5) is 0 Å². The Morgan fingerprint density at radius 2 is 2.19 bits per heavy atom. The average Bonchev–Trinajstić information content (AvgIpc) is 2.84. The molecule has 3 heterocycles. The molecule has 0 saturated heterocycles. The number of aryl methyl sites for hydroxylation is 2. The van der Waals surface area contributed by atoms with E-state index in [0.29, 0.717) is 0 Å². The van der Waals surface area contributed by atoms with E-state index in [2.05, 4.69) is 15.1 Å². The number of hydrogen-bond acceptors (Lipinski definition) is 4. The maximum absolute atomic E-state index is 4.50. The highest BCUT2D eigenvalue weighted by molar-refractivity contribution is 7.17. The Balaban J connectivity index is 2.33. The van der Waals surface area contributed by atoms with Crippen molar-refractivity contribution in [1.82, 2.24) is 19.7 Å². The summed E-state index contributed by atoms with van der Waals surface area (Å²) in [6.07, 6.45) is 3.81. The van der Waals surface area contributed by atoms with Gasteiger partial charge in [-0.1, -0.05) is 0 Å². The lowest BCUT2D eigenvalue weighted by Gasteiger charge is -2.00. The van der Waals surface area contributed by atoms with Crippen LogP contribution in [0.3, 0.4) is 0 Å². The first-order chi connectivity index (χ1) is 7.74. The molecular weight excluding hydrogens is 220 g/mol. The molecule has 0 aromatic carbocycles. The fourth-order valence-corrected chi connectivity index (χ4v) is 2.56. The minimum Gasteiger partial charge on any atom is -0.275 e. The highest BCUT2D eigenvalue weighted by Crippen LogP contribution is 2.29. The third kappa shape index (κ3) is 1.40. The monoisotopic (exact) mass is 230 g/mol. The fourth-order valence-electron chi connectivity index (χ4n) is 1.72. The van der Waals surface area contributed by atoms with Crippen molar-refractivity contribution in [2.45, 2.75) is 6.92 Å². The molecule has 5 heteroatoms. The molecule has 0 spiro atoms. The zero-order valence-corrected chi connectivity index (χ0v) is 9.82. The van der Waals surface area contributed by atoms with Crippen LogP contribution in [-0.2, 0) is 7.05 Å². The summed E-state index contributed by atoms with van der Waals surface area (Å²) in [5.74, 6) is 0.796. The van der Waals surface area contributed by atoms with Gasteiger partial charge in [0.2, 0.25) is 0 Å². The van der Waals surface area contributed by atoms with Crippen molar-refractivity contribution in [2.75, 3.05) is 0 Å². The van der Waals surface area contributed by atoms with Gasteiger partial charge in [-0.3, -0.25) is 4.68 Å². The number of hydrogen-bond donors (Lipinski definition) is 0. The molecule has 0 saturated carbocycles. The van der Waals surface area contributed by atoms with Crippen LogP contribution in [0.25, 0.3) is 21.5 Å². The summed E-state index contributed by atoms with van der Waals surface area (Å²) in [4.78, 5) is 8.90. The summed E-state index contributed by atoms with van der Waals surface area (Å²) in [6.45, 7) is 1.91. The van der Waals surface area contributed by atoms with Gasteiger partial charge in [-0.25, -0.2) is 9.97 Å². The van der Waals surface area contributed by atoms with E-state index in [1.165, 1.54) is 0 Å². The Bertz CT molecular complexity index is 653. The van der Waals surface area contributed by atoms with Crippen LogP contribution in [0, 0.1) is 6.92 Å². The van der Waals surface area contributed by atoms with Crippen molar-refractivity contribution in [3.05, 3.63) is 29.7 Å². The van der Waals surface area contributed by atoms with Crippen molar-refractivity contribution in [1.29, 1.82) is 0 Å². The highest BCUT2D eigenvalue weighted by atomic mass is 32.1. The molecule has 3 rings (SSSR count). The Kier molecular flexibility index (Phi) is 2.00. The number of nitrogens with zero attached hydrogens (tertiary/aromatic N) is 4. The second-order valence-electron chi connectivity index (χ2n) is 3.66. The summed E-state index contributed by atoms with van der Waals surface area (Å²) in [6, 6.07) is 2.02. The van der Waals surface area contributed by atoms with Crippen LogP contribution in [0.2, 0.25) is 0 Å². The minimum absolute atomic E-state index is 0.796. The normalized spacial score (nSPS) is 11.1. The maximum Gasteiger partial charge on any atom is 0.126 e. The zero-order valence-electron chi connectivity index (χ0n) is 9.01. The van der Waals surface area contributed by atoms with Gasteiger partial charge in [0.05, 0.1) is 22.1 Å². The van der Waals surface area contributed by atoms with E-state index in [9.17, 15) is 0 Å². The Morgan fingerprint density at radius 1 is 1.31 bits per heavy atom. The molecule has 4 nitrogen and oxygen atoms in total. The van der Waals surface area contributed by atoms with Crippen molar-refractivity contribution >= 4 is 21.6 Å². The number of fused-ring (bicyclic) bond motifs is 1. The van der Waals surface area contributed by atoms with E-state index in [1.54, 1.807) is 16.0 Å². The largest absolute Gasteiger partial charge is 0.275 e. The third-order valence-electron chi connectivity index (χ3n) is 2.39. The van der Waals surface area contributed by atoms with Gasteiger partial charge in [0, 0.05) is 18.8 Å². The van der Waals surface area contributed by atoms with E-state index in [1.807, 2.05) is 37.8 Å². The molecule has 0 aliphatic rings. The lowest BCUT2D eigenvalue weighted by atomic mass is 10.2. The highest BCUT2D eigenvalue weighted by Gasteiger charge is 2.10. The molecule has 80 valence electrons. The van der Waals surface area contributed by atoms with E-state index < -0.39 is 0 Å². The number of thiophene rings is 1. The van der Waals surface area contributed by atoms with Gasteiger partial charge in [0.1, 0.15) is 5.82 Å². The van der Waals surface area contributed by atoms with Crippen LogP contribution >= 0.6 is 11.3 Å². The van der Waals surface area contributed by atoms with Crippen LogP contribution in [0.1, 0.15) is 5.82 Å². The molecule has 0 aliphatic carbocycles. The average molecular weight is 230 g/mol. The topological polar surface area (TPSA) is 43.6 Å². The molecule has 0 bridgehead atoms. The van der Waals surface area contributed by atoms with Gasteiger partial charge in [-0.2, -0.15) is 5.10 Å². The van der Waals surface area contributed by atoms with Crippen molar-refractivity contribution in [3.63, 3.8) is 0 Å². The molecule has 0 aliphatic heterocycles. The molecule has 3 aromatic heterocycles. The first-order valence-electron chi connectivity index (χ1n) is 4.95. The predicted molar refractivity (Wildman–Crippen MR) is 64.4 cm³/mol. The maximum atomic E-state index is 4.50. The molecule has 0 amide bonds. The lowest BCUT2D eigenvalue weighted by Crippen LogP contribution is -1.90. The number of rotatable bonds is 1. The molecule has 0 fully saturated rings.